The number of aromatic nitrogens is 2. The largest absolute Gasteiger partial charge is 0.322 e. The van der Waals surface area contributed by atoms with Gasteiger partial charge < -0.3 is 5.32 Å². The molecule has 0 spiro atoms. The van der Waals surface area contributed by atoms with Gasteiger partial charge in [0.1, 0.15) is 11.0 Å². The van der Waals surface area contributed by atoms with Gasteiger partial charge in [0.2, 0.25) is 5.91 Å². The maximum Gasteiger partial charge on any atom is 0.262 e. The van der Waals surface area contributed by atoms with Crippen LogP contribution in [0, 0.1) is 6.92 Å². The molecule has 0 saturated carbocycles. The summed E-state index contributed by atoms with van der Waals surface area (Å²) in [6, 6.07) is 15.9. The number of sulfonamides is 1. The molecule has 3 aromatic rings. The number of nitrogens with one attached hydrogen (secondary N) is 2. The van der Waals surface area contributed by atoms with E-state index in [2.05, 4.69) is 20.1 Å². The van der Waals surface area contributed by atoms with Gasteiger partial charge in [0.15, 0.2) is 0 Å². The summed E-state index contributed by atoms with van der Waals surface area (Å²) in [5, 5.41) is 7.58. The molecule has 1 amide bonds. The van der Waals surface area contributed by atoms with Crippen LogP contribution in [0.4, 0.5) is 5.69 Å². The molecule has 0 atom stereocenters. The van der Waals surface area contributed by atoms with Crippen LogP contribution in [0.3, 0.4) is 0 Å². The zero-order valence-corrected chi connectivity index (χ0v) is 20.1. The molecule has 2 N–H and O–H groups in total. The monoisotopic (exact) mass is 497 g/mol. The third kappa shape index (κ3) is 5.73. The van der Waals surface area contributed by atoms with Gasteiger partial charge in [0, 0.05) is 30.3 Å². The van der Waals surface area contributed by atoms with E-state index in [0.717, 1.165) is 12.0 Å². The third-order valence-electron chi connectivity index (χ3n) is 5.22. The van der Waals surface area contributed by atoms with Crippen molar-refractivity contribution in [1.29, 1.82) is 0 Å². The Morgan fingerprint density at radius 1 is 1.18 bits per heavy atom. The Morgan fingerprint density at radius 2 is 1.97 bits per heavy atom. The fourth-order valence-corrected chi connectivity index (χ4v) is 4.97. The van der Waals surface area contributed by atoms with Crippen molar-refractivity contribution in [1.82, 2.24) is 14.5 Å². The van der Waals surface area contributed by atoms with E-state index in [4.69, 9.17) is 11.6 Å². The van der Waals surface area contributed by atoms with Crippen LogP contribution in [0.5, 0.6) is 0 Å². The highest BCUT2D eigenvalue weighted by atomic mass is 35.5. The minimum Gasteiger partial charge on any atom is -0.322 e. The van der Waals surface area contributed by atoms with E-state index in [0.29, 0.717) is 47.4 Å². The van der Waals surface area contributed by atoms with Gasteiger partial charge in [-0.25, -0.2) is 13.1 Å². The van der Waals surface area contributed by atoms with Crippen molar-refractivity contribution < 1.29 is 13.2 Å². The average molecular weight is 498 g/mol. The molecular weight excluding hydrogens is 474 g/mol. The molecule has 0 bridgehead atoms. The second-order valence-corrected chi connectivity index (χ2v) is 9.86. The first-order valence-corrected chi connectivity index (χ1v) is 12.6. The summed E-state index contributed by atoms with van der Waals surface area (Å²) >= 11 is 6.50. The normalized spacial score (nSPS) is 13.8. The Morgan fingerprint density at radius 3 is 2.71 bits per heavy atom. The van der Waals surface area contributed by atoms with Crippen molar-refractivity contribution in [2.75, 3.05) is 11.9 Å². The van der Waals surface area contributed by atoms with E-state index in [1.165, 1.54) is 18.2 Å². The summed E-state index contributed by atoms with van der Waals surface area (Å²) in [6.07, 6.45) is 4.37. The molecule has 10 heteroatoms. The molecule has 2 heterocycles. The fourth-order valence-electron chi connectivity index (χ4n) is 3.54. The summed E-state index contributed by atoms with van der Waals surface area (Å²) in [7, 11) is -3.77. The number of benzene rings is 2. The van der Waals surface area contributed by atoms with Gasteiger partial charge in [-0.3, -0.25) is 14.5 Å². The average Bonchev–Trinajstić information content (AvgIpc) is 3.40. The molecule has 1 aliphatic heterocycles. The first kappa shape index (κ1) is 23.7. The summed E-state index contributed by atoms with van der Waals surface area (Å²) in [4.78, 5) is 16.7. The highest BCUT2D eigenvalue weighted by molar-refractivity contribution is 7.90. The quantitative estimate of drug-likeness (QED) is 0.481. The molecule has 0 aliphatic carbocycles. The Hall–Kier alpha value is -3.43. The second kappa shape index (κ2) is 10.2. The lowest BCUT2D eigenvalue weighted by Gasteiger charge is -2.09. The number of rotatable bonds is 7. The molecule has 0 unspecified atom stereocenters. The van der Waals surface area contributed by atoms with E-state index >= 15 is 0 Å². The van der Waals surface area contributed by atoms with Gasteiger partial charge in [-0.15, -0.1) is 0 Å². The number of anilines is 1. The minimum absolute atomic E-state index is 0.0463. The lowest BCUT2D eigenvalue weighted by atomic mass is 10.2. The Balaban J connectivity index is 1.44. The van der Waals surface area contributed by atoms with E-state index < -0.39 is 15.9 Å². The molecule has 0 saturated heterocycles. The maximum atomic E-state index is 12.6. The van der Waals surface area contributed by atoms with Crippen molar-refractivity contribution in [3.05, 3.63) is 82.6 Å². The SMILES string of the molecule is Cc1nn(Cc2ccccc2)c(Cl)c1C=CC(=O)Nc1cccc(S(=O)(=O)NC2=NCCC2)c1. The van der Waals surface area contributed by atoms with Crippen LogP contribution in [0.1, 0.15) is 29.7 Å². The second-order valence-electron chi connectivity index (χ2n) is 7.82. The van der Waals surface area contributed by atoms with Crippen molar-refractivity contribution in [3.8, 4) is 0 Å². The number of amides is 1. The number of amidine groups is 1. The molecule has 176 valence electrons. The standard InChI is InChI=1S/C24H24ClN5O3S/c1-17-21(24(25)30(28-17)16-18-7-3-2-4-8-18)12-13-23(31)27-19-9-5-10-20(15-19)34(32,33)29-22-11-6-14-26-22/h2-5,7-10,12-13,15H,6,11,14,16H2,1H3,(H,26,29)(H,27,31). The van der Waals surface area contributed by atoms with Gasteiger partial charge in [-0.2, -0.15) is 5.10 Å². The number of aliphatic imine (C=N–C) groups is 1. The summed E-state index contributed by atoms with van der Waals surface area (Å²) < 4.78 is 29.4. The van der Waals surface area contributed by atoms with Crippen molar-refractivity contribution in [2.45, 2.75) is 31.2 Å². The van der Waals surface area contributed by atoms with Gasteiger partial charge in [-0.05, 0) is 43.2 Å². The molecule has 1 aliphatic rings. The van der Waals surface area contributed by atoms with E-state index in [1.54, 1.807) is 22.9 Å². The number of hydrogen-bond donors (Lipinski definition) is 2. The van der Waals surface area contributed by atoms with Crippen LogP contribution in [-0.4, -0.2) is 36.5 Å². The van der Waals surface area contributed by atoms with Crippen molar-refractivity contribution >= 4 is 45.1 Å². The first-order valence-electron chi connectivity index (χ1n) is 10.7. The number of aryl methyl sites for hydroxylation is 1. The van der Waals surface area contributed by atoms with Crippen molar-refractivity contribution in [3.63, 3.8) is 0 Å². The van der Waals surface area contributed by atoms with Gasteiger partial charge in [0.05, 0.1) is 17.1 Å². The highest BCUT2D eigenvalue weighted by Gasteiger charge is 2.19. The van der Waals surface area contributed by atoms with Crippen molar-refractivity contribution in [2.24, 2.45) is 4.99 Å². The minimum atomic E-state index is -3.77. The Labute approximate surface area is 203 Å². The molecule has 0 radical (unpaired) electrons. The molecule has 1 aromatic heterocycles. The smallest absolute Gasteiger partial charge is 0.262 e. The van der Waals surface area contributed by atoms with Crippen LogP contribution in [-0.2, 0) is 21.4 Å². The summed E-state index contributed by atoms with van der Waals surface area (Å²) in [6.45, 7) is 2.96. The Kier molecular flexibility index (Phi) is 7.14. The first-order chi connectivity index (χ1) is 16.3. The molecular formula is C24H24ClN5O3S. The zero-order chi connectivity index (χ0) is 24.1. The number of carbonyl (C=O) groups excluding carboxylic acids is 1. The van der Waals surface area contributed by atoms with Gasteiger partial charge in [0.25, 0.3) is 10.0 Å². The maximum absolute atomic E-state index is 12.6. The topological polar surface area (TPSA) is 105 Å². The lowest BCUT2D eigenvalue weighted by Crippen LogP contribution is -2.29. The zero-order valence-electron chi connectivity index (χ0n) is 18.5. The van der Waals surface area contributed by atoms with E-state index in [1.807, 2.05) is 37.3 Å². The van der Waals surface area contributed by atoms with Crippen LogP contribution in [0.25, 0.3) is 6.08 Å². The lowest BCUT2D eigenvalue weighted by molar-refractivity contribution is -0.111. The fraction of sp³-hybridized carbons (Fsp3) is 0.208. The highest BCUT2D eigenvalue weighted by Crippen LogP contribution is 2.23. The predicted molar refractivity (Wildman–Crippen MR) is 133 cm³/mol. The number of hydrogen-bond acceptors (Lipinski definition) is 5. The van der Waals surface area contributed by atoms with Gasteiger partial charge >= 0.3 is 0 Å². The predicted octanol–water partition coefficient (Wildman–Crippen LogP) is 4.02. The molecule has 8 nitrogen and oxygen atoms in total. The van der Waals surface area contributed by atoms with Gasteiger partial charge in [-0.1, -0.05) is 48.0 Å². The van der Waals surface area contributed by atoms with Crippen LogP contribution in [0.2, 0.25) is 5.15 Å². The summed E-state index contributed by atoms with van der Waals surface area (Å²) in [5.41, 5.74) is 2.75. The summed E-state index contributed by atoms with van der Waals surface area (Å²) in [5.74, 6) is 0.0337. The van der Waals surface area contributed by atoms with Crippen LogP contribution >= 0.6 is 11.6 Å². The van der Waals surface area contributed by atoms with E-state index in [-0.39, 0.29) is 4.90 Å². The molecule has 4 rings (SSSR count). The number of carbonyl (C=O) groups is 1. The molecule has 34 heavy (non-hydrogen) atoms. The number of nitrogens with zero attached hydrogens (tertiary/aromatic N) is 3. The molecule has 2 aromatic carbocycles. The van der Waals surface area contributed by atoms with Crippen LogP contribution in [0.15, 0.2) is 70.6 Å². The third-order valence-corrected chi connectivity index (χ3v) is 7.00. The van der Waals surface area contributed by atoms with E-state index in [9.17, 15) is 13.2 Å². The molecule has 0 fully saturated rings. The van der Waals surface area contributed by atoms with Crippen LogP contribution < -0.4 is 10.0 Å². The Bertz CT molecular complexity index is 1360. The number of halogens is 1.